The summed E-state index contributed by atoms with van der Waals surface area (Å²) in [5.41, 5.74) is 1.30. The Morgan fingerprint density at radius 1 is 1.38 bits per heavy atom. The Kier molecular flexibility index (Phi) is 4.50. The van der Waals surface area contributed by atoms with Crippen LogP contribution in [-0.2, 0) is 6.54 Å². The van der Waals surface area contributed by atoms with Crippen LogP contribution in [0.1, 0.15) is 49.0 Å². The van der Waals surface area contributed by atoms with Gasteiger partial charge in [0.2, 0.25) is 0 Å². The van der Waals surface area contributed by atoms with E-state index in [1.54, 1.807) is 18.2 Å². The molecule has 1 aliphatic rings. The molecule has 0 aromatic heterocycles. The second kappa shape index (κ2) is 6.16. The fourth-order valence-corrected chi connectivity index (χ4v) is 2.79. The van der Waals surface area contributed by atoms with Crippen LogP contribution in [0.4, 0.5) is 4.79 Å². The Labute approximate surface area is 124 Å². The Morgan fingerprint density at radius 3 is 2.76 bits per heavy atom. The normalized spacial score (nSPS) is 20.0. The van der Waals surface area contributed by atoms with Gasteiger partial charge in [-0.1, -0.05) is 26.0 Å². The van der Waals surface area contributed by atoms with Gasteiger partial charge in [-0.3, -0.25) is 0 Å². The number of nitrogens with one attached hydrogen (secondary N) is 2. The zero-order valence-corrected chi connectivity index (χ0v) is 12.5. The summed E-state index contributed by atoms with van der Waals surface area (Å²) >= 11 is 0. The predicted molar refractivity (Wildman–Crippen MR) is 80.2 cm³/mol. The van der Waals surface area contributed by atoms with Gasteiger partial charge in [0.05, 0.1) is 5.56 Å². The van der Waals surface area contributed by atoms with Crippen molar-refractivity contribution in [2.24, 2.45) is 5.41 Å². The van der Waals surface area contributed by atoms with Crippen molar-refractivity contribution in [2.75, 3.05) is 0 Å². The van der Waals surface area contributed by atoms with Gasteiger partial charge in [0, 0.05) is 12.6 Å². The first-order chi connectivity index (χ1) is 9.85. The molecule has 0 saturated heterocycles. The zero-order chi connectivity index (χ0) is 15.5. The summed E-state index contributed by atoms with van der Waals surface area (Å²) in [6, 6.07) is 6.61. The molecule has 1 aromatic rings. The number of aromatic carboxylic acids is 1. The Balaban J connectivity index is 1.82. The monoisotopic (exact) mass is 290 g/mol. The average molecular weight is 290 g/mol. The van der Waals surface area contributed by atoms with Crippen LogP contribution in [-0.4, -0.2) is 23.1 Å². The Morgan fingerprint density at radius 2 is 2.14 bits per heavy atom. The number of carboxylic acids is 1. The van der Waals surface area contributed by atoms with Crippen molar-refractivity contribution in [2.45, 2.75) is 45.7 Å². The van der Waals surface area contributed by atoms with E-state index >= 15 is 0 Å². The molecule has 3 N–H and O–H groups in total. The van der Waals surface area contributed by atoms with Crippen LogP contribution in [0.15, 0.2) is 24.3 Å². The van der Waals surface area contributed by atoms with Crippen LogP contribution >= 0.6 is 0 Å². The van der Waals surface area contributed by atoms with Gasteiger partial charge in [-0.25, -0.2) is 9.59 Å². The van der Waals surface area contributed by atoms with Crippen LogP contribution in [0.3, 0.4) is 0 Å². The lowest BCUT2D eigenvalue weighted by Gasteiger charge is -2.18. The lowest BCUT2D eigenvalue weighted by Crippen LogP contribution is -2.41. The SMILES string of the molecule is CC1(C)CCC(NC(=O)NCc2cccc(C(=O)O)c2)C1. The molecule has 0 radical (unpaired) electrons. The van der Waals surface area contributed by atoms with Crippen LogP contribution in [0.2, 0.25) is 0 Å². The van der Waals surface area contributed by atoms with E-state index in [1.807, 2.05) is 0 Å². The van der Waals surface area contributed by atoms with Gasteiger partial charge < -0.3 is 15.7 Å². The second-order valence-corrected chi connectivity index (χ2v) is 6.44. The van der Waals surface area contributed by atoms with Gasteiger partial charge in [0.25, 0.3) is 0 Å². The maximum Gasteiger partial charge on any atom is 0.335 e. The minimum absolute atomic E-state index is 0.196. The molecule has 1 fully saturated rings. The summed E-state index contributed by atoms with van der Waals surface area (Å²) in [5.74, 6) is -0.963. The number of benzene rings is 1. The first kappa shape index (κ1) is 15.4. The highest BCUT2D eigenvalue weighted by atomic mass is 16.4. The highest BCUT2D eigenvalue weighted by Gasteiger charge is 2.31. The lowest BCUT2D eigenvalue weighted by molar-refractivity contribution is 0.0696. The maximum atomic E-state index is 11.9. The number of amides is 2. The molecule has 1 unspecified atom stereocenters. The summed E-state index contributed by atoms with van der Waals surface area (Å²) < 4.78 is 0. The quantitative estimate of drug-likeness (QED) is 0.798. The molecule has 2 rings (SSSR count). The van der Waals surface area contributed by atoms with Gasteiger partial charge in [0.1, 0.15) is 0 Å². The molecule has 1 aliphatic carbocycles. The molecule has 114 valence electrons. The fourth-order valence-electron chi connectivity index (χ4n) is 2.79. The van der Waals surface area contributed by atoms with Gasteiger partial charge in [-0.05, 0) is 42.4 Å². The zero-order valence-electron chi connectivity index (χ0n) is 12.5. The highest BCUT2D eigenvalue weighted by molar-refractivity contribution is 5.87. The van der Waals surface area contributed by atoms with Crippen molar-refractivity contribution in [3.63, 3.8) is 0 Å². The number of rotatable bonds is 4. The molecule has 0 spiro atoms. The summed E-state index contributed by atoms with van der Waals surface area (Å²) in [4.78, 5) is 22.7. The van der Waals surface area contributed by atoms with Crippen LogP contribution in [0.5, 0.6) is 0 Å². The smallest absolute Gasteiger partial charge is 0.335 e. The van der Waals surface area contributed by atoms with Gasteiger partial charge in [-0.2, -0.15) is 0 Å². The van der Waals surface area contributed by atoms with Crippen molar-refractivity contribution < 1.29 is 14.7 Å². The fraction of sp³-hybridized carbons (Fsp3) is 0.500. The molecule has 1 saturated carbocycles. The van der Waals surface area contributed by atoms with E-state index in [0.29, 0.717) is 12.0 Å². The van der Waals surface area contributed by atoms with Gasteiger partial charge >= 0.3 is 12.0 Å². The summed E-state index contributed by atoms with van der Waals surface area (Å²) in [6.45, 7) is 4.75. The summed E-state index contributed by atoms with van der Waals surface area (Å²) in [6.07, 6.45) is 3.13. The second-order valence-electron chi connectivity index (χ2n) is 6.44. The van der Waals surface area contributed by atoms with E-state index in [2.05, 4.69) is 24.5 Å². The molecule has 5 nitrogen and oxygen atoms in total. The third-order valence-corrected chi connectivity index (χ3v) is 3.93. The van der Waals surface area contributed by atoms with Gasteiger partial charge in [-0.15, -0.1) is 0 Å². The van der Waals surface area contributed by atoms with E-state index in [1.165, 1.54) is 6.07 Å². The van der Waals surface area contributed by atoms with Gasteiger partial charge in [0.15, 0.2) is 0 Å². The number of carbonyl (C=O) groups excluding carboxylic acids is 1. The van der Waals surface area contributed by atoms with Crippen molar-refractivity contribution in [1.29, 1.82) is 0 Å². The maximum absolute atomic E-state index is 11.9. The topological polar surface area (TPSA) is 78.4 Å². The van der Waals surface area contributed by atoms with Crippen LogP contribution < -0.4 is 10.6 Å². The third-order valence-electron chi connectivity index (χ3n) is 3.93. The number of carbonyl (C=O) groups is 2. The number of hydrogen-bond acceptors (Lipinski definition) is 2. The summed E-state index contributed by atoms with van der Waals surface area (Å²) in [7, 11) is 0. The number of carboxylic acid groups (broad SMARTS) is 1. The van der Waals surface area contributed by atoms with E-state index in [-0.39, 0.29) is 17.6 Å². The third kappa shape index (κ3) is 4.48. The molecule has 1 atom stereocenters. The Bertz CT molecular complexity index is 540. The van der Waals surface area contributed by atoms with E-state index < -0.39 is 5.97 Å². The molecule has 2 amide bonds. The van der Waals surface area contributed by atoms with Crippen molar-refractivity contribution >= 4 is 12.0 Å². The molecular formula is C16H22N2O3. The molecule has 5 heteroatoms. The van der Waals surface area contributed by atoms with Crippen molar-refractivity contribution in [3.8, 4) is 0 Å². The first-order valence-corrected chi connectivity index (χ1v) is 7.22. The minimum atomic E-state index is -0.963. The average Bonchev–Trinajstić information content (AvgIpc) is 2.76. The van der Waals surface area contributed by atoms with Crippen molar-refractivity contribution in [3.05, 3.63) is 35.4 Å². The van der Waals surface area contributed by atoms with E-state index in [0.717, 1.165) is 24.8 Å². The molecular weight excluding hydrogens is 268 g/mol. The Hall–Kier alpha value is -2.04. The molecule has 0 bridgehead atoms. The lowest BCUT2D eigenvalue weighted by atomic mass is 9.92. The minimum Gasteiger partial charge on any atom is -0.478 e. The molecule has 0 heterocycles. The van der Waals surface area contributed by atoms with E-state index in [9.17, 15) is 9.59 Å². The standard InChI is InChI=1S/C16H22N2O3/c1-16(2)7-6-13(9-16)18-15(21)17-10-11-4-3-5-12(8-11)14(19)20/h3-5,8,13H,6-7,9-10H2,1-2H3,(H,19,20)(H2,17,18,21). The van der Waals surface area contributed by atoms with E-state index in [4.69, 9.17) is 5.11 Å². The molecule has 21 heavy (non-hydrogen) atoms. The van der Waals surface area contributed by atoms with Crippen molar-refractivity contribution in [1.82, 2.24) is 10.6 Å². The summed E-state index contributed by atoms with van der Waals surface area (Å²) in [5, 5.41) is 14.7. The predicted octanol–water partition coefficient (Wildman–Crippen LogP) is 2.76. The molecule has 0 aliphatic heterocycles. The molecule has 1 aromatic carbocycles. The van der Waals surface area contributed by atoms with Crippen LogP contribution in [0.25, 0.3) is 0 Å². The highest BCUT2D eigenvalue weighted by Crippen LogP contribution is 2.36. The largest absolute Gasteiger partial charge is 0.478 e. The number of hydrogen-bond donors (Lipinski definition) is 3. The first-order valence-electron chi connectivity index (χ1n) is 7.22. The van der Waals surface area contributed by atoms with Crippen LogP contribution in [0, 0.1) is 5.41 Å². The number of urea groups is 1.